The molecular weight excluding hydrogens is 406 g/mol. The number of nitrogens with zero attached hydrogens (tertiary/aromatic N) is 1. The molecule has 3 N–H and O–H groups in total. The fourth-order valence-electron chi connectivity index (χ4n) is 6.63. The summed E-state index contributed by atoms with van der Waals surface area (Å²) in [6.45, 7) is 6.91. The highest BCUT2D eigenvalue weighted by Crippen LogP contribution is 2.65. The van der Waals surface area contributed by atoms with Crippen LogP contribution < -0.4 is 11.1 Å². The van der Waals surface area contributed by atoms with Gasteiger partial charge >= 0.3 is 0 Å². The van der Waals surface area contributed by atoms with Crippen LogP contribution in [0.5, 0.6) is 0 Å². The molecule has 1 heterocycles. The molecule has 178 valence electrons. The molecule has 4 rings (SSSR count). The number of carbonyl (C=O) groups is 4. The number of amides is 3. The van der Waals surface area contributed by atoms with E-state index in [0.29, 0.717) is 30.7 Å². The molecule has 7 heteroatoms. The predicted molar refractivity (Wildman–Crippen MR) is 120 cm³/mol. The molecule has 0 spiro atoms. The van der Waals surface area contributed by atoms with E-state index < -0.39 is 23.8 Å². The number of hydrogen-bond donors (Lipinski definition) is 2. The zero-order chi connectivity index (χ0) is 23.2. The van der Waals surface area contributed by atoms with Crippen LogP contribution in [0.15, 0.2) is 0 Å². The second-order valence-corrected chi connectivity index (χ2v) is 11.4. The molecule has 4 aliphatic rings. The van der Waals surface area contributed by atoms with Gasteiger partial charge in [-0.2, -0.15) is 0 Å². The van der Waals surface area contributed by atoms with E-state index in [1.54, 1.807) is 4.90 Å². The van der Waals surface area contributed by atoms with Crippen molar-refractivity contribution >= 4 is 23.5 Å². The summed E-state index contributed by atoms with van der Waals surface area (Å²) >= 11 is 0. The number of Topliss-reactive ketones (excluding diaryl/α,β-unsaturated/α-hetero) is 1. The van der Waals surface area contributed by atoms with E-state index in [-0.39, 0.29) is 29.1 Å². The van der Waals surface area contributed by atoms with Gasteiger partial charge in [-0.3, -0.25) is 19.2 Å². The molecular formula is C25H39N3O4. The molecule has 7 nitrogen and oxygen atoms in total. The number of rotatable bonds is 8. The van der Waals surface area contributed by atoms with Gasteiger partial charge in [0.1, 0.15) is 6.04 Å². The molecule has 3 aliphatic carbocycles. The number of likely N-dealkylation sites (tertiary alicyclic amines) is 1. The molecule has 0 radical (unpaired) electrons. The van der Waals surface area contributed by atoms with Crippen molar-refractivity contribution in [1.29, 1.82) is 0 Å². The number of nitrogens with one attached hydrogen (secondary N) is 1. The Labute approximate surface area is 191 Å². The van der Waals surface area contributed by atoms with Crippen molar-refractivity contribution in [3.05, 3.63) is 0 Å². The van der Waals surface area contributed by atoms with Crippen LogP contribution in [0.1, 0.15) is 78.6 Å². The van der Waals surface area contributed by atoms with E-state index in [9.17, 15) is 19.2 Å². The van der Waals surface area contributed by atoms with Crippen LogP contribution in [0.3, 0.4) is 0 Å². The van der Waals surface area contributed by atoms with Crippen LogP contribution in [0.25, 0.3) is 0 Å². The summed E-state index contributed by atoms with van der Waals surface area (Å²) in [5.74, 6) is -0.954. The lowest BCUT2D eigenvalue weighted by atomic mass is 9.79. The Bertz CT molecular complexity index is 784. The molecule has 0 aromatic rings. The van der Waals surface area contributed by atoms with Gasteiger partial charge in [-0.05, 0) is 48.3 Å². The van der Waals surface area contributed by atoms with E-state index in [1.165, 1.54) is 19.3 Å². The summed E-state index contributed by atoms with van der Waals surface area (Å²) in [4.78, 5) is 52.8. The molecule has 32 heavy (non-hydrogen) atoms. The van der Waals surface area contributed by atoms with Crippen LogP contribution in [-0.2, 0) is 19.2 Å². The van der Waals surface area contributed by atoms with Gasteiger partial charge in [0.05, 0.1) is 6.04 Å². The Morgan fingerprint density at radius 2 is 1.69 bits per heavy atom. The number of fused-ring (bicyclic) bond motifs is 1. The van der Waals surface area contributed by atoms with Crippen LogP contribution >= 0.6 is 0 Å². The van der Waals surface area contributed by atoms with E-state index in [2.05, 4.69) is 19.2 Å². The van der Waals surface area contributed by atoms with Crippen molar-refractivity contribution < 1.29 is 19.2 Å². The molecule has 1 saturated heterocycles. The molecule has 0 aromatic heterocycles. The highest BCUT2D eigenvalue weighted by Gasteiger charge is 2.69. The lowest BCUT2D eigenvalue weighted by Crippen LogP contribution is -2.56. The zero-order valence-corrected chi connectivity index (χ0v) is 19.8. The minimum absolute atomic E-state index is 0.00400. The maximum absolute atomic E-state index is 13.5. The van der Waals surface area contributed by atoms with Gasteiger partial charge in [-0.25, -0.2) is 0 Å². The van der Waals surface area contributed by atoms with E-state index >= 15 is 0 Å². The molecule has 5 atom stereocenters. The molecule has 4 fully saturated rings. The summed E-state index contributed by atoms with van der Waals surface area (Å²) in [6, 6.07) is -1.46. The molecule has 1 aliphatic heterocycles. The smallest absolute Gasteiger partial charge is 0.287 e. The highest BCUT2D eigenvalue weighted by molar-refractivity contribution is 6.37. The molecule has 3 saturated carbocycles. The summed E-state index contributed by atoms with van der Waals surface area (Å²) in [6.07, 6.45) is 9.29. The van der Waals surface area contributed by atoms with Crippen molar-refractivity contribution in [2.75, 3.05) is 6.54 Å². The van der Waals surface area contributed by atoms with Gasteiger partial charge in [-0.15, -0.1) is 0 Å². The maximum Gasteiger partial charge on any atom is 0.287 e. The van der Waals surface area contributed by atoms with Crippen molar-refractivity contribution in [2.24, 2.45) is 40.7 Å². The predicted octanol–water partition coefficient (Wildman–Crippen LogP) is 2.42. The van der Waals surface area contributed by atoms with Gasteiger partial charge in [0, 0.05) is 12.5 Å². The van der Waals surface area contributed by atoms with Crippen LogP contribution in [0, 0.1) is 35.0 Å². The third kappa shape index (κ3) is 4.19. The Hall–Kier alpha value is -1.92. The third-order valence-corrected chi connectivity index (χ3v) is 9.18. The quantitative estimate of drug-likeness (QED) is 0.559. The first-order valence-corrected chi connectivity index (χ1v) is 12.6. The lowest BCUT2D eigenvalue weighted by molar-refractivity contribution is -0.146. The minimum atomic E-state index is -1.01. The summed E-state index contributed by atoms with van der Waals surface area (Å²) in [5, 5.41) is 2.85. The van der Waals surface area contributed by atoms with Crippen molar-refractivity contribution in [3.8, 4) is 0 Å². The van der Waals surface area contributed by atoms with Gasteiger partial charge in [-0.1, -0.05) is 59.3 Å². The SMILES string of the molecule is C[C@H](C(=O)N1C[C@H]2[C@@H]([C@H]1C(=O)NC(CC1CCC1)C(=O)C(N)=O)C2(C)C)C1CCCCC1. The second kappa shape index (κ2) is 8.79. The summed E-state index contributed by atoms with van der Waals surface area (Å²) in [5.41, 5.74) is 5.28. The van der Waals surface area contributed by atoms with Crippen LogP contribution in [-0.4, -0.2) is 47.0 Å². The fourth-order valence-corrected chi connectivity index (χ4v) is 6.63. The first-order chi connectivity index (χ1) is 15.1. The maximum atomic E-state index is 13.5. The number of carbonyl (C=O) groups excluding carboxylic acids is 4. The number of hydrogen-bond acceptors (Lipinski definition) is 4. The number of primary amides is 1. The van der Waals surface area contributed by atoms with Gasteiger partial charge in [0.2, 0.25) is 17.6 Å². The Balaban J connectivity index is 1.49. The average molecular weight is 446 g/mol. The van der Waals surface area contributed by atoms with Crippen LogP contribution in [0.2, 0.25) is 0 Å². The highest BCUT2D eigenvalue weighted by atomic mass is 16.2. The molecule has 3 amide bonds. The number of piperidine rings is 1. The summed E-state index contributed by atoms with van der Waals surface area (Å²) in [7, 11) is 0. The lowest BCUT2D eigenvalue weighted by Gasteiger charge is -2.36. The summed E-state index contributed by atoms with van der Waals surface area (Å²) < 4.78 is 0. The Morgan fingerprint density at radius 3 is 2.25 bits per heavy atom. The average Bonchev–Trinajstić information content (AvgIpc) is 3.08. The number of nitrogens with two attached hydrogens (primary N) is 1. The number of ketones is 1. The van der Waals surface area contributed by atoms with Gasteiger partial charge in [0.15, 0.2) is 0 Å². The van der Waals surface area contributed by atoms with Gasteiger partial charge < -0.3 is 16.0 Å². The third-order valence-electron chi connectivity index (χ3n) is 9.18. The standard InChI is InChI=1S/C25H39N3O4/c1-14(16-10-5-4-6-11-16)24(32)28-13-17-19(25(17,2)3)20(28)23(31)27-18(21(29)22(26)30)12-15-8-7-9-15/h14-20H,4-13H2,1-3H3,(H2,26,30)(H,27,31)/t14-,17-,18?,19-,20-/m0/s1. The monoisotopic (exact) mass is 445 g/mol. The van der Waals surface area contributed by atoms with Crippen molar-refractivity contribution in [2.45, 2.75) is 90.6 Å². The first kappa shape index (κ1) is 23.2. The topological polar surface area (TPSA) is 110 Å². The molecule has 0 bridgehead atoms. The Kier molecular flexibility index (Phi) is 6.38. The Morgan fingerprint density at radius 1 is 1.03 bits per heavy atom. The van der Waals surface area contributed by atoms with E-state index in [0.717, 1.165) is 32.1 Å². The van der Waals surface area contributed by atoms with E-state index in [4.69, 9.17) is 5.73 Å². The molecule has 0 aromatic carbocycles. The largest absolute Gasteiger partial charge is 0.363 e. The first-order valence-electron chi connectivity index (χ1n) is 12.6. The normalized spacial score (nSPS) is 31.2. The zero-order valence-electron chi connectivity index (χ0n) is 19.8. The van der Waals surface area contributed by atoms with Gasteiger partial charge in [0.25, 0.3) is 5.91 Å². The van der Waals surface area contributed by atoms with Crippen molar-refractivity contribution in [3.63, 3.8) is 0 Å². The second-order valence-electron chi connectivity index (χ2n) is 11.4. The van der Waals surface area contributed by atoms with Crippen molar-refractivity contribution in [1.82, 2.24) is 10.2 Å². The van der Waals surface area contributed by atoms with Crippen LogP contribution in [0.4, 0.5) is 0 Å². The van der Waals surface area contributed by atoms with E-state index in [1.807, 2.05) is 6.92 Å². The molecule has 1 unspecified atom stereocenters. The fraction of sp³-hybridized carbons (Fsp3) is 0.840. The minimum Gasteiger partial charge on any atom is -0.363 e.